The van der Waals surface area contributed by atoms with E-state index >= 15 is 0 Å². The molecule has 2 aliphatic carbocycles. The molecule has 0 amide bonds. The molecule has 0 bridgehead atoms. The SMILES string of the molecule is O=C1CCC=C1CCCC1=CCCC1=O. The van der Waals surface area contributed by atoms with Crippen LogP contribution in [-0.2, 0) is 9.59 Å². The molecule has 0 aliphatic heterocycles. The molecule has 0 saturated heterocycles. The number of hydrogen-bond acceptors (Lipinski definition) is 2. The minimum absolute atomic E-state index is 0.307. The van der Waals surface area contributed by atoms with Crippen molar-refractivity contribution in [3.05, 3.63) is 23.3 Å². The van der Waals surface area contributed by atoms with Crippen molar-refractivity contribution in [1.82, 2.24) is 0 Å². The van der Waals surface area contributed by atoms with E-state index in [9.17, 15) is 9.59 Å². The van der Waals surface area contributed by atoms with Gasteiger partial charge in [0.1, 0.15) is 0 Å². The average molecular weight is 204 g/mol. The molecule has 0 aromatic rings. The van der Waals surface area contributed by atoms with Crippen LogP contribution in [-0.4, -0.2) is 11.6 Å². The van der Waals surface area contributed by atoms with E-state index in [1.807, 2.05) is 12.2 Å². The van der Waals surface area contributed by atoms with Crippen molar-refractivity contribution in [2.45, 2.75) is 44.9 Å². The number of rotatable bonds is 4. The summed E-state index contributed by atoms with van der Waals surface area (Å²) in [6.07, 6.45) is 9.95. The van der Waals surface area contributed by atoms with Crippen LogP contribution in [0.1, 0.15) is 44.9 Å². The van der Waals surface area contributed by atoms with E-state index in [-0.39, 0.29) is 0 Å². The highest BCUT2D eigenvalue weighted by atomic mass is 16.1. The zero-order chi connectivity index (χ0) is 10.7. The molecule has 2 aliphatic rings. The Kier molecular flexibility index (Phi) is 3.14. The molecule has 0 saturated carbocycles. The Morgan fingerprint density at radius 2 is 1.33 bits per heavy atom. The molecule has 0 unspecified atom stereocenters. The molecule has 2 rings (SSSR count). The third-order valence-electron chi connectivity index (χ3n) is 3.13. The molecule has 0 radical (unpaired) electrons. The highest BCUT2D eigenvalue weighted by Gasteiger charge is 2.17. The maximum absolute atomic E-state index is 11.3. The van der Waals surface area contributed by atoms with Gasteiger partial charge in [-0.25, -0.2) is 0 Å². The molecule has 2 nitrogen and oxygen atoms in total. The minimum atomic E-state index is 0.307. The smallest absolute Gasteiger partial charge is 0.158 e. The summed E-state index contributed by atoms with van der Waals surface area (Å²) < 4.78 is 0. The van der Waals surface area contributed by atoms with Gasteiger partial charge >= 0.3 is 0 Å². The first-order valence-electron chi connectivity index (χ1n) is 5.72. The number of carbonyl (C=O) groups excluding carboxylic acids is 2. The zero-order valence-electron chi connectivity index (χ0n) is 8.92. The lowest BCUT2D eigenvalue weighted by Gasteiger charge is -2.01. The van der Waals surface area contributed by atoms with Crippen LogP contribution < -0.4 is 0 Å². The number of carbonyl (C=O) groups is 2. The second-order valence-electron chi connectivity index (χ2n) is 4.24. The van der Waals surface area contributed by atoms with Gasteiger partial charge in [0, 0.05) is 12.8 Å². The highest BCUT2D eigenvalue weighted by Crippen LogP contribution is 2.23. The van der Waals surface area contributed by atoms with Gasteiger partial charge in [-0.3, -0.25) is 9.59 Å². The van der Waals surface area contributed by atoms with Crippen molar-refractivity contribution in [3.8, 4) is 0 Å². The summed E-state index contributed by atoms with van der Waals surface area (Å²) in [5.41, 5.74) is 1.97. The molecule has 0 aromatic carbocycles. The van der Waals surface area contributed by atoms with Gasteiger partial charge in [0.15, 0.2) is 11.6 Å². The number of Topliss-reactive ketones (excluding diaryl/α,β-unsaturated/α-hetero) is 2. The van der Waals surface area contributed by atoms with Crippen LogP contribution in [0.25, 0.3) is 0 Å². The first kappa shape index (κ1) is 10.3. The maximum Gasteiger partial charge on any atom is 0.158 e. The van der Waals surface area contributed by atoms with Gasteiger partial charge in [-0.1, -0.05) is 12.2 Å². The van der Waals surface area contributed by atoms with Crippen LogP contribution in [0.5, 0.6) is 0 Å². The molecule has 0 atom stereocenters. The first-order chi connectivity index (χ1) is 7.27. The van der Waals surface area contributed by atoms with E-state index in [4.69, 9.17) is 0 Å². The molecule has 80 valence electrons. The predicted molar refractivity (Wildman–Crippen MR) is 58.5 cm³/mol. The van der Waals surface area contributed by atoms with Crippen molar-refractivity contribution in [1.29, 1.82) is 0 Å². The number of hydrogen-bond donors (Lipinski definition) is 0. The van der Waals surface area contributed by atoms with Gasteiger partial charge < -0.3 is 0 Å². The summed E-state index contributed by atoms with van der Waals surface area (Å²) in [5.74, 6) is 0.614. The van der Waals surface area contributed by atoms with Crippen molar-refractivity contribution >= 4 is 11.6 Å². The standard InChI is InChI=1S/C13H16O2/c14-12-8-2-6-10(12)4-1-5-11-7-3-9-13(11)15/h6-7H,1-5,8-9H2. The molecular weight excluding hydrogens is 188 g/mol. The lowest BCUT2D eigenvalue weighted by molar-refractivity contribution is -0.115. The second-order valence-corrected chi connectivity index (χ2v) is 4.24. The molecular formula is C13H16O2. The first-order valence-corrected chi connectivity index (χ1v) is 5.72. The fourth-order valence-corrected chi connectivity index (χ4v) is 2.26. The lowest BCUT2D eigenvalue weighted by atomic mass is 10.0. The molecule has 0 fully saturated rings. The summed E-state index contributed by atoms with van der Waals surface area (Å²) >= 11 is 0. The Morgan fingerprint density at radius 3 is 1.67 bits per heavy atom. The van der Waals surface area contributed by atoms with Gasteiger partial charge in [-0.05, 0) is 43.3 Å². The molecule has 0 spiro atoms. The van der Waals surface area contributed by atoms with Crippen LogP contribution in [0, 0.1) is 0 Å². The van der Waals surface area contributed by atoms with E-state index in [1.54, 1.807) is 0 Å². The molecule has 0 aromatic heterocycles. The van der Waals surface area contributed by atoms with E-state index in [0.717, 1.165) is 43.3 Å². The lowest BCUT2D eigenvalue weighted by Crippen LogP contribution is -1.98. The van der Waals surface area contributed by atoms with Crippen LogP contribution in [0.2, 0.25) is 0 Å². The maximum atomic E-state index is 11.3. The Bertz CT molecular complexity index is 314. The van der Waals surface area contributed by atoms with Crippen LogP contribution in [0.4, 0.5) is 0 Å². The van der Waals surface area contributed by atoms with Gasteiger partial charge in [-0.15, -0.1) is 0 Å². The van der Waals surface area contributed by atoms with E-state index < -0.39 is 0 Å². The largest absolute Gasteiger partial charge is 0.295 e. The van der Waals surface area contributed by atoms with Crippen LogP contribution >= 0.6 is 0 Å². The van der Waals surface area contributed by atoms with Gasteiger partial charge in [0.25, 0.3) is 0 Å². The quantitative estimate of drug-likeness (QED) is 0.705. The van der Waals surface area contributed by atoms with Crippen LogP contribution in [0.15, 0.2) is 23.3 Å². The van der Waals surface area contributed by atoms with Gasteiger partial charge in [0.2, 0.25) is 0 Å². The van der Waals surface area contributed by atoms with E-state index in [1.165, 1.54) is 0 Å². The fraction of sp³-hybridized carbons (Fsp3) is 0.538. The number of ketones is 2. The van der Waals surface area contributed by atoms with Crippen molar-refractivity contribution in [3.63, 3.8) is 0 Å². The third kappa shape index (κ3) is 2.44. The van der Waals surface area contributed by atoms with Crippen molar-refractivity contribution in [2.24, 2.45) is 0 Å². The molecule has 2 heteroatoms. The topological polar surface area (TPSA) is 34.1 Å². The third-order valence-corrected chi connectivity index (χ3v) is 3.13. The van der Waals surface area contributed by atoms with Crippen LogP contribution in [0.3, 0.4) is 0 Å². The highest BCUT2D eigenvalue weighted by molar-refractivity contribution is 5.98. The minimum Gasteiger partial charge on any atom is -0.295 e. The Hall–Kier alpha value is -1.18. The summed E-state index contributed by atoms with van der Waals surface area (Å²) in [6, 6.07) is 0. The fourth-order valence-electron chi connectivity index (χ4n) is 2.26. The summed E-state index contributed by atoms with van der Waals surface area (Å²) in [5, 5.41) is 0. The van der Waals surface area contributed by atoms with E-state index in [2.05, 4.69) is 0 Å². The zero-order valence-corrected chi connectivity index (χ0v) is 8.92. The Balaban J connectivity index is 1.75. The molecule has 0 N–H and O–H groups in total. The summed E-state index contributed by atoms with van der Waals surface area (Å²) in [6.45, 7) is 0. The monoisotopic (exact) mass is 204 g/mol. The average Bonchev–Trinajstić information content (AvgIpc) is 2.78. The molecule has 0 heterocycles. The Morgan fingerprint density at radius 1 is 0.867 bits per heavy atom. The number of allylic oxidation sites excluding steroid dienone is 4. The van der Waals surface area contributed by atoms with E-state index in [0.29, 0.717) is 24.4 Å². The van der Waals surface area contributed by atoms with Crippen molar-refractivity contribution in [2.75, 3.05) is 0 Å². The predicted octanol–water partition coefficient (Wildman–Crippen LogP) is 2.74. The molecule has 15 heavy (non-hydrogen) atoms. The van der Waals surface area contributed by atoms with Crippen molar-refractivity contribution < 1.29 is 9.59 Å². The normalized spacial score (nSPS) is 20.8. The Labute approximate surface area is 90.1 Å². The van der Waals surface area contributed by atoms with Gasteiger partial charge in [-0.2, -0.15) is 0 Å². The summed E-state index contributed by atoms with van der Waals surface area (Å²) in [4.78, 5) is 22.6. The second kappa shape index (κ2) is 4.56. The summed E-state index contributed by atoms with van der Waals surface area (Å²) in [7, 11) is 0. The van der Waals surface area contributed by atoms with Gasteiger partial charge in [0.05, 0.1) is 0 Å².